The van der Waals surface area contributed by atoms with E-state index < -0.39 is 17.4 Å². The van der Waals surface area contributed by atoms with Crippen molar-refractivity contribution in [1.82, 2.24) is 14.9 Å². The minimum atomic E-state index is -1.95. The van der Waals surface area contributed by atoms with Crippen LogP contribution in [0, 0.1) is 11.7 Å². The minimum absolute atomic E-state index is 0.0298. The second-order valence-electron chi connectivity index (χ2n) is 10.8. The Hall–Kier alpha value is -3.30. The Labute approximate surface area is 222 Å². The number of hydrogen-bond acceptors (Lipinski definition) is 6. The number of rotatable bonds is 4. The maximum absolute atomic E-state index is 14.8. The molecule has 0 unspecified atom stereocenters. The van der Waals surface area contributed by atoms with Gasteiger partial charge in [-0.3, -0.25) is 9.59 Å². The van der Waals surface area contributed by atoms with Crippen LogP contribution in [0.25, 0.3) is 22.3 Å². The van der Waals surface area contributed by atoms with E-state index in [-0.39, 0.29) is 59.1 Å². The molecule has 198 valence electrons. The van der Waals surface area contributed by atoms with Crippen LogP contribution in [-0.2, 0) is 39.5 Å². The lowest BCUT2D eigenvalue weighted by atomic mass is 9.83. The fourth-order valence-electron chi connectivity index (χ4n) is 6.12. The summed E-state index contributed by atoms with van der Waals surface area (Å²) >= 11 is 6.39. The summed E-state index contributed by atoms with van der Waals surface area (Å²) < 4.78 is 21.5. The molecule has 1 aliphatic carbocycles. The summed E-state index contributed by atoms with van der Waals surface area (Å²) in [6.07, 6.45) is 1.38. The van der Waals surface area contributed by atoms with Gasteiger partial charge in [-0.1, -0.05) is 32.4 Å². The molecular formula is C28H27ClFN3O5. The van der Waals surface area contributed by atoms with E-state index in [9.17, 15) is 23.9 Å². The predicted molar refractivity (Wildman–Crippen MR) is 138 cm³/mol. The summed E-state index contributed by atoms with van der Waals surface area (Å²) in [6.45, 7) is 5.53. The number of pyridine rings is 2. The smallest absolute Gasteiger partial charge is 0.343 e. The average molecular weight is 540 g/mol. The van der Waals surface area contributed by atoms with E-state index in [0.29, 0.717) is 47.1 Å². The number of nitrogens with zero attached hydrogens (tertiary/aromatic N) is 2. The molecule has 0 bridgehead atoms. The predicted octanol–water partition coefficient (Wildman–Crippen LogP) is 4.02. The summed E-state index contributed by atoms with van der Waals surface area (Å²) in [5, 5.41) is 15.0. The Kier molecular flexibility index (Phi) is 5.66. The monoisotopic (exact) mass is 539 g/mol. The first-order valence-corrected chi connectivity index (χ1v) is 13.2. The number of hydrogen-bond donors (Lipinski definition) is 2. The Morgan fingerprint density at radius 1 is 1.32 bits per heavy atom. The molecule has 1 aromatic carbocycles. The van der Waals surface area contributed by atoms with E-state index in [4.69, 9.17) is 21.3 Å². The van der Waals surface area contributed by atoms with E-state index in [1.54, 1.807) is 17.6 Å². The second-order valence-corrected chi connectivity index (χ2v) is 11.1. The van der Waals surface area contributed by atoms with Crippen LogP contribution in [0.4, 0.5) is 4.39 Å². The zero-order valence-corrected chi connectivity index (χ0v) is 22.0. The molecule has 6 rings (SSSR count). The third-order valence-corrected chi connectivity index (χ3v) is 8.38. The van der Waals surface area contributed by atoms with Gasteiger partial charge in [-0.2, -0.15) is 0 Å². The van der Waals surface area contributed by atoms with Gasteiger partial charge >= 0.3 is 5.97 Å². The highest BCUT2D eigenvalue weighted by atomic mass is 35.5. The third-order valence-electron chi connectivity index (χ3n) is 7.97. The van der Waals surface area contributed by atoms with Gasteiger partial charge in [0.15, 0.2) is 5.60 Å². The van der Waals surface area contributed by atoms with Crippen molar-refractivity contribution in [3.8, 4) is 11.4 Å². The summed E-state index contributed by atoms with van der Waals surface area (Å²) in [5.41, 5.74) is 1.53. The molecule has 3 aliphatic rings. The first kappa shape index (κ1) is 25.0. The Morgan fingerprint density at radius 2 is 2.08 bits per heavy atom. The fraction of sp³-hybridized carbons (Fsp3) is 0.429. The number of aromatic nitrogens is 2. The lowest BCUT2D eigenvalue weighted by Gasteiger charge is -2.31. The van der Waals surface area contributed by atoms with E-state index in [0.717, 1.165) is 11.1 Å². The number of aliphatic hydroxyl groups is 1. The molecule has 4 heterocycles. The molecule has 2 N–H and O–H groups in total. The van der Waals surface area contributed by atoms with E-state index in [1.807, 2.05) is 13.8 Å². The number of ether oxygens (including phenoxy) is 1. The van der Waals surface area contributed by atoms with Crippen molar-refractivity contribution in [2.24, 2.45) is 5.92 Å². The molecule has 0 saturated carbocycles. The van der Waals surface area contributed by atoms with Gasteiger partial charge in [0.25, 0.3) is 5.56 Å². The molecule has 3 aromatic rings. The molecule has 2 aromatic heterocycles. The lowest BCUT2D eigenvalue weighted by Crippen LogP contribution is -2.44. The molecule has 0 spiro atoms. The van der Waals surface area contributed by atoms with Crippen LogP contribution >= 0.6 is 11.6 Å². The Balaban J connectivity index is 1.61. The highest BCUT2D eigenvalue weighted by Gasteiger charge is 2.46. The largest absolute Gasteiger partial charge is 0.458 e. The highest BCUT2D eigenvalue weighted by molar-refractivity contribution is 6.32. The van der Waals surface area contributed by atoms with Crippen molar-refractivity contribution in [3.63, 3.8) is 0 Å². The number of benzene rings is 1. The third kappa shape index (κ3) is 3.44. The van der Waals surface area contributed by atoms with Gasteiger partial charge in [-0.25, -0.2) is 14.2 Å². The van der Waals surface area contributed by atoms with Crippen molar-refractivity contribution in [2.45, 2.75) is 71.2 Å². The molecule has 0 fully saturated rings. The number of nitrogens with one attached hydrogen (secondary N) is 1. The standard InChI is InChI=1S/C28H27ClFN3O5/c1-4-28(37)16-8-20-25-14(10-33(20)26(35)15(16)11-38-27(28)36)23-18(31-21(34)7-12(2)3)6-5-13-22(23)19(32-25)9-17(30)24(13)29/h8-9,12,18,37H,4-7,10-11H2,1-3H3,(H,31,34)/t18-,28+/m1/s1. The quantitative estimate of drug-likeness (QED) is 0.379. The second kappa shape index (κ2) is 8.61. The molecule has 38 heavy (non-hydrogen) atoms. The normalized spacial score (nSPS) is 21.2. The van der Waals surface area contributed by atoms with Crippen LogP contribution in [0.3, 0.4) is 0 Å². The molecule has 8 nitrogen and oxygen atoms in total. The van der Waals surface area contributed by atoms with E-state index in [1.165, 1.54) is 6.07 Å². The Bertz CT molecular complexity index is 1630. The van der Waals surface area contributed by atoms with Gasteiger partial charge in [-0.15, -0.1) is 0 Å². The van der Waals surface area contributed by atoms with Crippen molar-refractivity contribution in [3.05, 3.63) is 61.1 Å². The first-order chi connectivity index (χ1) is 18.0. The van der Waals surface area contributed by atoms with Crippen molar-refractivity contribution in [2.75, 3.05) is 0 Å². The lowest BCUT2D eigenvalue weighted by molar-refractivity contribution is -0.172. The number of aryl methyl sites for hydroxylation is 1. The number of fused-ring (bicyclic) bond motifs is 5. The van der Waals surface area contributed by atoms with Crippen LogP contribution in [-0.4, -0.2) is 26.5 Å². The molecule has 10 heteroatoms. The van der Waals surface area contributed by atoms with Crippen molar-refractivity contribution in [1.29, 1.82) is 0 Å². The van der Waals surface area contributed by atoms with Crippen LogP contribution in [0.15, 0.2) is 16.9 Å². The van der Waals surface area contributed by atoms with Gasteiger partial charge in [-0.05, 0) is 42.4 Å². The fourth-order valence-corrected chi connectivity index (χ4v) is 6.37. The van der Waals surface area contributed by atoms with Gasteiger partial charge in [0.05, 0.1) is 40.1 Å². The van der Waals surface area contributed by atoms with Crippen LogP contribution in [0.5, 0.6) is 0 Å². The van der Waals surface area contributed by atoms with E-state index in [2.05, 4.69) is 5.32 Å². The van der Waals surface area contributed by atoms with Crippen molar-refractivity contribution >= 4 is 34.4 Å². The molecular weight excluding hydrogens is 513 g/mol. The maximum Gasteiger partial charge on any atom is 0.343 e. The topological polar surface area (TPSA) is 111 Å². The number of esters is 1. The molecule has 0 saturated heterocycles. The molecule has 0 radical (unpaired) electrons. The summed E-state index contributed by atoms with van der Waals surface area (Å²) in [4.78, 5) is 43.7. The van der Waals surface area contributed by atoms with Crippen LogP contribution in [0.2, 0.25) is 5.02 Å². The van der Waals surface area contributed by atoms with Gasteiger partial charge < -0.3 is 19.7 Å². The highest BCUT2D eigenvalue weighted by Crippen LogP contribution is 2.46. The van der Waals surface area contributed by atoms with Crippen LogP contribution < -0.4 is 10.9 Å². The minimum Gasteiger partial charge on any atom is -0.458 e. The first-order valence-electron chi connectivity index (χ1n) is 12.8. The van der Waals surface area contributed by atoms with Gasteiger partial charge in [0, 0.05) is 29.0 Å². The summed E-state index contributed by atoms with van der Waals surface area (Å²) in [5.74, 6) is -1.30. The maximum atomic E-state index is 14.8. The average Bonchev–Trinajstić information content (AvgIpc) is 3.24. The summed E-state index contributed by atoms with van der Waals surface area (Å²) in [6, 6.07) is 2.54. The number of carbonyl (C=O) groups is 2. The number of cyclic esters (lactones) is 1. The Morgan fingerprint density at radius 3 is 2.79 bits per heavy atom. The zero-order chi connectivity index (χ0) is 27.1. The van der Waals surface area contributed by atoms with Gasteiger partial charge in [0.1, 0.15) is 12.4 Å². The number of amides is 1. The summed E-state index contributed by atoms with van der Waals surface area (Å²) in [7, 11) is 0. The molecule has 1 amide bonds. The molecule has 2 atom stereocenters. The number of carbonyl (C=O) groups excluding carboxylic acids is 2. The van der Waals surface area contributed by atoms with Crippen LogP contribution in [0.1, 0.15) is 73.9 Å². The number of halogens is 2. The van der Waals surface area contributed by atoms with Crippen molar-refractivity contribution < 1.29 is 23.8 Å². The molecule has 2 aliphatic heterocycles. The zero-order valence-electron chi connectivity index (χ0n) is 21.3. The van der Waals surface area contributed by atoms with Gasteiger partial charge in [0.2, 0.25) is 5.91 Å². The SMILES string of the molecule is CC[C@@]1(O)C(=O)OCc2c1cc1n(c2=O)Cc2c-1nc1cc(F)c(Cl)c3c1c2[C@H](NC(=O)CC(C)C)CC3. The van der Waals surface area contributed by atoms with E-state index >= 15 is 0 Å².